The Morgan fingerprint density at radius 2 is 0.632 bits per heavy atom. The Morgan fingerprint density at radius 1 is 0.368 bits per heavy atom. The predicted octanol–water partition coefficient (Wildman–Crippen LogP) is 11.2. The Bertz CT molecular complexity index is 543. The molecular weight excluding hydrogens is 460 g/mol. The molecule has 1 rings (SSSR count). The van der Waals surface area contributed by atoms with E-state index in [9.17, 15) is 0 Å². The van der Waals surface area contributed by atoms with Crippen molar-refractivity contribution < 1.29 is 0 Å². The molecule has 222 valence electrons. The second kappa shape index (κ2) is 26.4. The fraction of sp³-hybridized carbons (Fsp3) is 0.833. The van der Waals surface area contributed by atoms with E-state index in [0.717, 1.165) is 26.2 Å². The van der Waals surface area contributed by atoms with E-state index >= 15 is 0 Å². The maximum Gasteiger partial charge on any atom is 0.0233 e. The van der Waals surface area contributed by atoms with Crippen LogP contribution in [-0.2, 0) is 13.1 Å². The summed E-state index contributed by atoms with van der Waals surface area (Å²) < 4.78 is 0. The Labute approximate surface area is 240 Å². The highest BCUT2D eigenvalue weighted by atomic mass is 15.1. The standard InChI is InChI=1S/C36H68N2/c1-5-9-11-13-15-17-19-21-23-25-31-37(7-3)33-35-27-29-36(30-28-35)34-38(8-4)32-26-24-22-20-18-16-14-12-10-6-2/h27-30H,5-26,31-34H2,1-4H3. The van der Waals surface area contributed by atoms with Crippen LogP contribution in [0.25, 0.3) is 0 Å². The highest BCUT2D eigenvalue weighted by Crippen LogP contribution is 2.15. The number of hydrogen-bond donors (Lipinski definition) is 0. The monoisotopic (exact) mass is 529 g/mol. The largest absolute Gasteiger partial charge is 0.299 e. The molecule has 0 aliphatic heterocycles. The van der Waals surface area contributed by atoms with Gasteiger partial charge in [-0.05, 0) is 50.1 Å². The zero-order chi connectivity index (χ0) is 27.5. The third kappa shape index (κ3) is 20.1. The lowest BCUT2D eigenvalue weighted by atomic mass is 10.1. The van der Waals surface area contributed by atoms with Crippen LogP contribution in [0, 0.1) is 0 Å². The predicted molar refractivity (Wildman–Crippen MR) is 172 cm³/mol. The number of unbranched alkanes of at least 4 members (excludes halogenated alkanes) is 18. The molecule has 38 heavy (non-hydrogen) atoms. The van der Waals surface area contributed by atoms with Gasteiger partial charge in [0.2, 0.25) is 0 Å². The van der Waals surface area contributed by atoms with Crippen molar-refractivity contribution in [2.24, 2.45) is 0 Å². The second-order valence-electron chi connectivity index (χ2n) is 11.9. The van der Waals surface area contributed by atoms with Gasteiger partial charge in [-0.1, -0.05) is 168 Å². The van der Waals surface area contributed by atoms with Crippen molar-refractivity contribution in [3.05, 3.63) is 35.4 Å². The first kappa shape index (κ1) is 35.2. The summed E-state index contributed by atoms with van der Waals surface area (Å²) in [4.78, 5) is 5.26. The molecule has 0 spiro atoms. The number of rotatable bonds is 28. The lowest BCUT2D eigenvalue weighted by Gasteiger charge is -2.22. The van der Waals surface area contributed by atoms with Crippen molar-refractivity contribution in [1.29, 1.82) is 0 Å². The van der Waals surface area contributed by atoms with Crippen LogP contribution in [0.3, 0.4) is 0 Å². The van der Waals surface area contributed by atoms with Crippen LogP contribution >= 0.6 is 0 Å². The van der Waals surface area contributed by atoms with Gasteiger partial charge in [0.05, 0.1) is 0 Å². The summed E-state index contributed by atoms with van der Waals surface area (Å²) in [6.45, 7) is 16.2. The van der Waals surface area contributed by atoms with Gasteiger partial charge in [-0.25, -0.2) is 0 Å². The molecule has 2 nitrogen and oxygen atoms in total. The molecule has 0 aliphatic carbocycles. The Balaban J connectivity index is 2.15. The summed E-state index contributed by atoms with van der Waals surface area (Å²) in [7, 11) is 0. The van der Waals surface area contributed by atoms with Crippen molar-refractivity contribution >= 4 is 0 Å². The molecule has 0 aromatic heterocycles. The molecule has 1 aromatic carbocycles. The topological polar surface area (TPSA) is 6.48 Å². The zero-order valence-corrected chi connectivity index (χ0v) is 26.6. The summed E-state index contributed by atoms with van der Waals surface area (Å²) >= 11 is 0. The first-order chi connectivity index (χ1) is 18.7. The van der Waals surface area contributed by atoms with Crippen molar-refractivity contribution in [3.8, 4) is 0 Å². The van der Waals surface area contributed by atoms with Crippen LogP contribution in [0.5, 0.6) is 0 Å². The molecule has 0 fully saturated rings. The van der Waals surface area contributed by atoms with Crippen LogP contribution in [0.4, 0.5) is 0 Å². The summed E-state index contributed by atoms with van der Waals surface area (Å²) in [5.41, 5.74) is 2.95. The normalized spacial score (nSPS) is 11.7. The Kier molecular flexibility index (Phi) is 24.4. The molecule has 0 saturated carbocycles. The third-order valence-corrected chi connectivity index (χ3v) is 8.39. The first-order valence-corrected chi connectivity index (χ1v) is 17.3. The van der Waals surface area contributed by atoms with E-state index < -0.39 is 0 Å². The van der Waals surface area contributed by atoms with Crippen molar-refractivity contribution in [1.82, 2.24) is 9.80 Å². The molecule has 1 aromatic rings. The van der Waals surface area contributed by atoms with Gasteiger partial charge in [0.25, 0.3) is 0 Å². The van der Waals surface area contributed by atoms with Gasteiger partial charge in [0, 0.05) is 13.1 Å². The third-order valence-electron chi connectivity index (χ3n) is 8.39. The molecule has 0 atom stereocenters. The van der Waals surface area contributed by atoms with Crippen LogP contribution in [0.2, 0.25) is 0 Å². The number of hydrogen-bond acceptors (Lipinski definition) is 2. The fourth-order valence-corrected chi connectivity index (χ4v) is 5.61. The van der Waals surface area contributed by atoms with Crippen LogP contribution < -0.4 is 0 Å². The average Bonchev–Trinajstić information content (AvgIpc) is 2.94. The summed E-state index contributed by atoms with van der Waals surface area (Å²) in [6.07, 6.45) is 28.4. The minimum atomic E-state index is 1.10. The lowest BCUT2D eigenvalue weighted by Crippen LogP contribution is -2.25. The van der Waals surface area contributed by atoms with Gasteiger partial charge in [-0.15, -0.1) is 0 Å². The average molecular weight is 529 g/mol. The van der Waals surface area contributed by atoms with E-state index in [-0.39, 0.29) is 0 Å². The number of nitrogens with zero attached hydrogens (tertiary/aromatic N) is 2. The van der Waals surface area contributed by atoms with E-state index in [4.69, 9.17) is 0 Å². The maximum atomic E-state index is 2.63. The molecule has 0 heterocycles. The molecule has 0 amide bonds. The van der Waals surface area contributed by atoms with Crippen LogP contribution in [-0.4, -0.2) is 36.0 Å². The SMILES string of the molecule is CCCCCCCCCCCCN(CC)Cc1ccc(CN(CC)CCCCCCCCCCCC)cc1. The quantitative estimate of drug-likeness (QED) is 0.0998. The molecule has 2 heteroatoms. The molecule has 0 bridgehead atoms. The maximum absolute atomic E-state index is 2.63. The summed E-state index contributed by atoms with van der Waals surface area (Å²) in [6, 6.07) is 9.52. The molecular formula is C36H68N2. The van der Waals surface area contributed by atoms with Crippen molar-refractivity contribution in [2.75, 3.05) is 26.2 Å². The van der Waals surface area contributed by atoms with E-state index in [1.807, 2.05) is 0 Å². The van der Waals surface area contributed by atoms with Gasteiger partial charge in [0.1, 0.15) is 0 Å². The van der Waals surface area contributed by atoms with Gasteiger partial charge in [0.15, 0.2) is 0 Å². The minimum Gasteiger partial charge on any atom is -0.299 e. The lowest BCUT2D eigenvalue weighted by molar-refractivity contribution is 0.270. The highest BCUT2D eigenvalue weighted by Gasteiger charge is 2.07. The van der Waals surface area contributed by atoms with Crippen molar-refractivity contribution in [2.45, 2.75) is 169 Å². The van der Waals surface area contributed by atoms with E-state index in [1.54, 1.807) is 0 Å². The zero-order valence-electron chi connectivity index (χ0n) is 26.6. The minimum absolute atomic E-state index is 1.10. The summed E-state index contributed by atoms with van der Waals surface area (Å²) in [5, 5.41) is 0. The fourth-order valence-electron chi connectivity index (χ4n) is 5.61. The van der Waals surface area contributed by atoms with Crippen LogP contribution in [0.1, 0.15) is 167 Å². The molecule has 0 saturated heterocycles. The smallest absolute Gasteiger partial charge is 0.0233 e. The summed E-state index contributed by atoms with van der Waals surface area (Å²) in [5.74, 6) is 0. The van der Waals surface area contributed by atoms with Crippen LogP contribution in [0.15, 0.2) is 24.3 Å². The number of benzene rings is 1. The first-order valence-electron chi connectivity index (χ1n) is 17.3. The van der Waals surface area contributed by atoms with Gasteiger partial charge in [-0.2, -0.15) is 0 Å². The Hall–Kier alpha value is -0.860. The molecule has 0 aliphatic rings. The molecule has 0 unspecified atom stereocenters. The Morgan fingerprint density at radius 3 is 0.895 bits per heavy atom. The van der Waals surface area contributed by atoms with Gasteiger partial charge < -0.3 is 0 Å². The van der Waals surface area contributed by atoms with Gasteiger partial charge >= 0.3 is 0 Å². The van der Waals surface area contributed by atoms with E-state index in [2.05, 4.69) is 61.8 Å². The van der Waals surface area contributed by atoms with E-state index in [0.29, 0.717) is 0 Å². The van der Waals surface area contributed by atoms with Gasteiger partial charge in [-0.3, -0.25) is 9.80 Å². The molecule has 0 N–H and O–H groups in total. The second-order valence-corrected chi connectivity index (χ2v) is 11.9. The molecule has 0 radical (unpaired) electrons. The van der Waals surface area contributed by atoms with Crippen molar-refractivity contribution in [3.63, 3.8) is 0 Å². The highest BCUT2D eigenvalue weighted by molar-refractivity contribution is 5.22. The van der Waals surface area contributed by atoms with E-state index in [1.165, 1.54) is 153 Å².